The quantitative estimate of drug-likeness (QED) is 0.596. The van der Waals surface area contributed by atoms with Crippen molar-refractivity contribution in [1.29, 1.82) is 0 Å². The van der Waals surface area contributed by atoms with Crippen LogP contribution >= 0.6 is 0 Å². The zero-order valence-electron chi connectivity index (χ0n) is 11.5. The molecule has 1 aliphatic heterocycles. The van der Waals surface area contributed by atoms with Crippen molar-refractivity contribution < 1.29 is 9.47 Å². The maximum absolute atomic E-state index is 5.10. The van der Waals surface area contributed by atoms with Gasteiger partial charge in [0.15, 0.2) is 0 Å². The minimum absolute atomic E-state index is 0.883. The van der Waals surface area contributed by atoms with Gasteiger partial charge in [-0.25, -0.2) is 0 Å². The van der Waals surface area contributed by atoms with Crippen molar-refractivity contribution in [2.75, 3.05) is 66.7 Å². The molecule has 0 N–H and O–H groups in total. The van der Waals surface area contributed by atoms with Crippen LogP contribution in [0, 0.1) is 0 Å². The molecule has 1 fully saturated rings. The lowest BCUT2D eigenvalue weighted by molar-refractivity contribution is 0.166. The highest BCUT2D eigenvalue weighted by Gasteiger charge is 2.13. The highest BCUT2D eigenvalue weighted by molar-refractivity contribution is 4.69. The van der Waals surface area contributed by atoms with E-state index in [1.54, 1.807) is 14.2 Å². The second kappa shape index (κ2) is 9.83. The second-order valence-electron chi connectivity index (χ2n) is 4.73. The van der Waals surface area contributed by atoms with Crippen molar-refractivity contribution in [3.8, 4) is 0 Å². The highest BCUT2D eigenvalue weighted by Crippen LogP contribution is 2.04. The predicted octanol–water partition coefficient (Wildman–Crippen LogP) is 1.07. The van der Waals surface area contributed by atoms with Crippen LogP contribution < -0.4 is 0 Å². The maximum Gasteiger partial charge on any atom is 0.0474 e. The average molecular weight is 244 g/mol. The van der Waals surface area contributed by atoms with Gasteiger partial charge >= 0.3 is 0 Å². The van der Waals surface area contributed by atoms with Gasteiger partial charge in [0.2, 0.25) is 0 Å². The van der Waals surface area contributed by atoms with Crippen molar-refractivity contribution in [2.45, 2.75) is 19.3 Å². The molecule has 4 heteroatoms. The standard InChI is InChI=1S/C13H28N2O2/c1-16-12-4-8-14-6-3-7-15(11-10-14)9-5-13-17-2/h3-13H2,1-2H3. The smallest absolute Gasteiger partial charge is 0.0474 e. The fraction of sp³-hybridized carbons (Fsp3) is 1.00. The molecule has 102 valence electrons. The normalized spacial score (nSPS) is 19.4. The van der Waals surface area contributed by atoms with Gasteiger partial charge in [-0.15, -0.1) is 0 Å². The summed E-state index contributed by atoms with van der Waals surface area (Å²) in [4.78, 5) is 5.13. The molecule has 4 nitrogen and oxygen atoms in total. The third-order valence-electron chi connectivity index (χ3n) is 3.33. The van der Waals surface area contributed by atoms with Crippen LogP contribution in [0.1, 0.15) is 19.3 Å². The molecule has 1 rings (SSSR count). The van der Waals surface area contributed by atoms with E-state index < -0.39 is 0 Å². The fourth-order valence-corrected chi connectivity index (χ4v) is 2.34. The summed E-state index contributed by atoms with van der Waals surface area (Å²) in [5.41, 5.74) is 0. The van der Waals surface area contributed by atoms with E-state index in [1.165, 1.54) is 45.7 Å². The molecule has 0 radical (unpaired) electrons. The van der Waals surface area contributed by atoms with Crippen molar-refractivity contribution in [3.63, 3.8) is 0 Å². The minimum atomic E-state index is 0.883. The largest absolute Gasteiger partial charge is 0.385 e. The van der Waals surface area contributed by atoms with Crippen LogP contribution in [-0.4, -0.2) is 76.5 Å². The van der Waals surface area contributed by atoms with Crippen molar-refractivity contribution >= 4 is 0 Å². The molecule has 0 saturated carbocycles. The first-order chi connectivity index (χ1) is 8.36. The molecule has 0 unspecified atom stereocenters. The lowest BCUT2D eigenvalue weighted by Crippen LogP contribution is -2.32. The summed E-state index contributed by atoms with van der Waals surface area (Å²) in [6.45, 7) is 9.02. The number of rotatable bonds is 8. The first-order valence-corrected chi connectivity index (χ1v) is 6.79. The third-order valence-corrected chi connectivity index (χ3v) is 3.33. The molecule has 1 aliphatic rings. The Bertz CT molecular complexity index is 161. The van der Waals surface area contributed by atoms with E-state index in [4.69, 9.17) is 9.47 Å². The van der Waals surface area contributed by atoms with Gasteiger partial charge < -0.3 is 19.3 Å². The molecular weight excluding hydrogens is 216 g/mol. The van der Waals surface area contributed by atoms with Crippen LogP contribution in [0.2, 0.25) is 0 Å². The Balaban J connectivity index is 2.11. The van der Waals surface area contributed by atoms with E-state index in [2.05, 4.69) is 9.80 Å². The van der Waals surface area contributed by atoms with E-state index in [0.29, 0.717) is 0 Å². The van der Waals surface area contributed by atoms with Crippen LogP contribution in [0.3, 0.4) is 0 Å². The lowest BCUT2D eigenvalue weighted by atomic mass is 10.3. The Labute approximate surface area is 106 Å². The molecule has 1 saturated heterocycles. The monoisotopic (exact) mass is 244 g/mol. The van der Waals surface area contributed by atoms with Gasteiger partial charge in [0.05, 0.1) is 0 Å². The van der Waals surface area contributed by atoms with Crippen molar-refractivity contribution in [3.05, 3.63) is 0 Å². The molecule has 0 aliphatic carbocycles. The van der Waals surface area contributed by atoms with Crippen LogP contribution in [-0.2, 0) is 9.47 Å². The van der Waals surface area contributed by atoms with E-state index in [9.17, 15) is 0 Å². The number of hydrogen-bond donors (Lipinski definition) is 0. The maximum atomic E-state index is 5.10. The van der Waals surface area contributed by atoms with Gasteiger partial charge in [0, 0.05) is 53.6 Å². The molecule has 0 amide bonds. The number of hydrogen-bond acceptors (Lipinski definition) is 4. The predicted molar refractivity (Wildman–Crippen MR) is 70.5 cm³/mol. The van der Waals surface area contributed by atoms with Gasteiger partial charge in [-0.05, 0) is 32.4 Å². The molecule has 0 aromatic carbocycles. The Morgan fingerprint density at radius 1 is 0.765 bits per heavy atom. The topological polar surface area (TPSA) is 24.9 Å². The molecule has 0 atom stereocenters. The van der Waals surface area contributed by atoms with E-state index in [0.717, 1.165) is 26.1 Å². The Hall–Kier alpha value is -0.160. The van der Waals surface area contributed by atoms with E-state index in [-0.39, 0.29) is 0 Å². The molecule has 17 heavy (non-hydrogen) atoms. The zero-order valence-corrected chi connectivity index (χ0v) is 11.5. The molecular formula is C13H28N2O2. The molecule has 0 bridgehead atoms. The lowest BCUT2D eigenvalue weighted by Gasteiger charge is -2.21. The second-order valence-corrected chi connectivity index (χ2v) is 4.73. The van der Waals surface area contributed by atoms with Gasteiger partial charge in [0.25, 0.3) is 0 Å². The number of methoxy groups -OCH3 is 2. The highest BCUT2D eigenvalue weighted by atomic mass is 16.5. The first kappa shape index (κ1) is 14.9. The Morgan fingerprint density at radius 3 is 1.65 bits per heavy atom. The van der Waals surface area contributed by atoms with E-state index >= 15 is 0 Å². The van der Waals surface area contributed by atoms with Crippen LogP contribution in [0.4, 0.5) is 0 Å². The van der Waals surface area contributed by atoms with Crippen LogP contribution in [0.25, 0.3) is 0 Å². The van der Waals surface area contributed by atoms with Crippen LogP contribution in [0.15, 0.2) is 0 Å². The van der Waals surface area contributed by atoms with E-state index in [1.807, 2.05) is 0 Å². The van der Waals surface area contributed by atoms with Gasteiger partial charge in [-0.3, -0.25) is 0 Å². The first-order valence-electron chi connectivity index (χ1n) is 6.79. The summed E-state index contributed by atoms with van der Waals surface area (Å²) in [6, 6.07) is 0. The summed E-state index contributed by atoms with van der Waals surface area (Å²) in [6.07, 6.45) is 3.60. The van der Waals surface area contributed by atoms with Gasteiger partial charge in [-0.2, -0.15) is 0 Å². The average Bonchev–Trinajstić information content (AvgIpc) is 2.56. The summed E-state index contributed by atoms with van der Waals surface area (Å²) in [7, 11) is 3.56. The summed E-state index contributed by atoms with van der Waals surface area (Å²) < 4.78 is 10.2. The number of ether oxygens (including phenoxy) is 2. The van der Waals surface area contributed by atoms with Crippen molar-refractivity contribution in [1.82, 2.24) is 9.80 Å². The fourth-order valence-electron chi connectivity index (χ4n) is 2.34. The summed E-state index contributed by atoms with van der Waals surface area (Å²) >= 11 is 0. The molecule has 0 aromatic heterocycles. The summed E-state index contributed by atoms with van der Waals surface area (Å²) in [5.74, 6) is 0. The van der Waals surface area contributed by atoms with Gasteiger partial charge in [0.1, 0.15) is 0 Å². The molecule has 1 heterocycles. The Kier molecular flexibility index (Phi) is 8.61. The van der Waals surface area contributed by atoms with Gasteiger partial charge in [-0.1, -0.05) is 0 Å². The molecule has 0 spiro atoms. The number of nitrogens with zero attached hydrogens (tertiary/aromatic N) is 2. The van der Waals surface area contributed by atoms with Crippen molar-refractivity contribution in [2.24, 2.45) is 0 Å². The zero-order chi connectivity index (χ0) is 12.3. The molecule has 0 aromatic rings. The minimum Gasteiger partial charge on any atom is -0.385 e. The Morgan fingerprint density at radius 2 is 1.24 bits per heavy atom. The third kappa shape index (κ3) is 6.99. The SMILES string of the molecule is COCCCN1CCCN(CCCOC)CC1. The van der Waals surface area contributed by atoms with Crippen LogP contribution in [0.5, 0.6) is 0 Å². The summed E-state index contributed by atoms with van der Waals surface area (Å²) in [5, 5.41) is 0.